The van der Waals surface area contributed by atoms with Crippen LogP contribution in [0.1, 0.15) is 15.4 Å². The second-order valence-electron chi connectivity index (χ2n) is 3.57. The lowest BCUT2D eigenvalue weighted by Gasteiger charge is -2.34. The van der Waals surface area contributed by atoms with Crippen LogP contribution in [0.2, 0.25) is 0 Å². The van der Waals surface area contributed by atoms with Gasteiger partial charge < -0.3 is 9.64 Å². The third kappa shape index (κ3) is 2.18. The molecule has 1 amide bonds. The summed E-state index contributed by atoms with van der Waals surface area (Å²) in [7, 11) is 0. The van der Waals surface area contributed by atoms with Crippen LogP contribution in [0.5, 0.6) is 0 Å². The van der Waals surface area contributed by atoms with Gasteiger partial charge in [-0.25, -0.2) is 0 Å². The Kier molecular flexibility index (Phi) is 3.73. The molecule has 16 heavy (non-hydrogen) atoms. The van der Waals surface area contributed by atoms with Crippen molar-refractivity contribution in [2.45, 2.75) is 13.0 Å². The molecule has 1 aromatic rings. The number of aryl methyl sites for hydroxylation is 1. The van der Waals surface area contributed by atoms with Crippen molar-refractivity contribution >= 4 is 29.0 Å². The first-order valence-corrected chi connectivity index (χ1v) is 6.28. The first-order valence-electron chi connectivity index (χ1n) is 4.97. The van der Waals surface area contributed by atoms with E-state index in [2.05, 4.69) is 9.59 Å². The Labute approximate surface area is 103 Å². The van der Waals surface area contributed by atoms with E-state index in [0.29, 0.717) is 36.2 Å². The second-order valence-corrected chi connectivity index (χ2v) is 4.63. The smallest absolute Gasteiger partial charge is 0.267 e. The van der Waals surface area contributed by atoms with E-state index in [9.17, 15) is 4.79 Å². The van der Waals surface area contributed by atoms with E-state index in [4.69, 9.17) is 16.3 Å². The monoisotopic (exact) mass is 261 g/mol. The van der Waals surface area contributed by atoms with Crippen molar-refractivity contribution in [1.82, 2.24) is 14.5 Å². The van der Waals surface area contributed by atoms with E-state index in [1.54, 1.807) is 11.8 Å². The van der Waals surface area contributed by atoms with Crippen molar-refractivity contribution in [2.75, 3.05) is 25.6 Å². The minimum Gasteiger partial charge on any atom is -0.377 e. The number of hydrogen-bond donors (Lipinski definition) is 0. The number of hydrogen-bond acceptors (Lipinski definition) is 5. The summed E-state index contributed by atoms with van der Waals surface area (Å²) in [5.74, 6) is 0.346. The Morgan fingerprint density at radius 1 is 1.75 bits per heavy atom. The molecule has 1 aliphatic rings. The number of rotatable bonds is 2. The molecule has 1 atom stereocenters. The molecular weight excluding hydrogens is 250 g/mol. The zero-order valence-corrected chi connectivity index (χ0v) is 10.4. The number of alkyl halides is 1. The molecule has 0 aromatic carbocycles. The topological polar surface area (TPSA) is 55.3 Å². The van der Waals surface area contributed by atoms with Crippen LogP contribution in [-0.4, -0.2) is 52.1 Å². The Hall–Kier alpha value is -0.720. The van der Waals surface area contributed by atoms with Gasteiger partial charge in [-0.3, -0.25) is 4.79 Å². The molecule has 1 aromatic heterocycles. The van der Waals surface area contributed by atoms with Crippen molar-refractivity contribution in [2.24, 2.45) is 0 Å². The normalized spacial score (nSPS) is 21.1. The number of carbonyl (C=O) groups excluding carboxylic acids is 1. The lowest BCUT2D eigenvalue weighted by molar-refractivity contribution is 0.00478. The van der Waals surface area contributed by atoms with Crippen molar-refractivity contribution in [1.29, 1.82) is 0 Å². The van der Waals surface area contributed by atoms with Crippen LogP contribution >= 0.6 is 23.1 Å². The summed E-state index contributed by atoms with van der Waals surface area (Å²) < 4.78 is 9.06. The molecular formula is C9H12ClN3O2S. The van der Waals surface area contributed by atoms with Crippen LogP contribution in [0.3, 0.4) is 0 Å². The van der Waals surface area contributed by atoms with Gasteiger partial charge in [0, 0.05) is 12.4 Å². The Morgan fingerprint density at radius 2 is 2.56 bits per heavy atom. The molecule has 0 aliphatic carbocycles. The number of halogens is 1. The molecule has 5 nitrogen and oxygen atoms in total. The van der Waals surface area contributed by atoms with Gasteiger partial charge in [0.2, 0.25) is 0 Å². The number of nitrogens with zero attached hydrogens (tertiary/aromatic N) is 3. The van der Waals surface area contributed by atoms with Gasteiger partial charge in [0.05, 0.1) is 24.9 Å². The van der Waals surface area contributed by atoms with E-state index in [1.165, 1.54) is 0 Å². The summed E-state index contributed by atoms with van der Waals surface area (Å²) in [6.07, 6.45) is 0. The third-order valence-electron chi connectivity index (χ3n) is 2.51. The van der Waals surface area contributed by atoms with Gasteiger partial charge in [-0.05, 0) is 18.5 Å². The molecule has 0 radical (unpaired) electrons. The predicted molar refractivity (Wildman–Crippen MR) is 61.0 cm³/mol. The quantitative estimate of drug-likeness (QED) is 0.743. The summed E-state index contributed by atoms with van der Waals surface area (Å²) in [5, 5.41) is 3.84. The molecule has 1 unspecified atom stereocenters. The van der Waals surface area contributed by atoms with Gasteiger partial charge in [-0.1, -0.05) is 4.49 Å². The zero-order chi connectivity index (χ0) is 11.5. The van der Waals surface area contributed by atoms with Crippen LogP contribution in [0.15, 0.2) is 0 Å². The van der Waals surface area contributed by atoms with E-state index < -0.39 is 0 Å². The highest BCUT2D eigenvalue weighted by Gasteiger charge is 2.29. The average Bonchev–Trinajstić information content (AvgIpc) is 2.74. The van der Waals surface area contributed by atoms with Crippen molar-refractivity contribution in [3.05, 3.63) is 10.6 Å². The Morgan fingerprint density at radius 3 is 3.19 bits per heavy atom. The Bertz CT molecular complexity index is 385. The van der Waals surface area contributed by atoms with Gasteiger partial charge in [-0.2, -0.15) is 0 Å². The standard InChI is InChI=1S/C9H12ClN3O2S/c1-6-8(16-12-11-6)9(14)13-2-3-15-5-7(13)4-10/h7H,2-5H2,1H3. The van der Waals surface area contributed by atoms with Crippen molar-refractivity contribution < 1.29 is 9.53 Å². The van der Waals surface area contributed by atoms with Crippen LogP contribution < -0.4 is 0 Å². The summed E-state index contributed by atoms with van der Waals surface area (Å²) in [5.41, 5.74) is 0.676. The minimum atomic E-state index is -0.0515. The fourth-order valence-corrected chi connectivity index (χ4v) is 2.48. The highest BCUT2D eigenvalue weighted by atomic mass is 35.5. The van der Waals surface area contributed by atoms with Crippen molar-refractivity contribution in [3.8, 4) is 0 Å². The summed E-state index contributed by atoms with van der Waals surface area (Å²) in [6, 6.07) is -0.0515. The number of aromatic nitrogens is 2. The van der Waals surface area contributed by atoms with Gasteiger partial charge in [0.15, 0.2) is 0 Å². The van der Waals surface area contributed by atoms with Gasteiger partial charge in [0.25, 0.3) is 5.91 Å². The molecule has 0 N–H and O–H groups in total. The van der Waals surface area contributed by atoms with E-state index in [-0.39, 0.29) is 11.9 Å². The highest BCUT2D eigenvalue weighted by molar-refractivity contribution is 7.07. The summed E-state index contributed by atoms with van der Waals surface area (Å²) in [4.78, 5) is 14.5. The number of morpholine rings is 1. The average molecular weight is 262 g/mol. The zero-order valence-electron chi connectivity index (χ0n) is 8.85. The number of carbonyl (C=O) groups is 1. The van der Waals surface area contributed by atoms with E-state index in [1.807, 2.05) is 0 Å². The molecule has 0 saturated carbocycles. The van der Waals surface area contributed by atoms with Gasteiger partial charge >= 0.3 is 0 Å². The van der Waals surface area contributed by atoms with Crippen LogP contribution in [0.4, 0.5) is 0 Å². The molecule has 0 spiro atoms. The maximum absolute atomic E-state index is 12.2. The number of amides is 1. The summed E-state index contributed by atoms with van der Waals surface area (Å²) in [6.45, 7) is 3.42. The molecule has 1 fully saturated rings. The molecule has 1 saturated heterocycles. The first-order chi connectivity index (χ1) is 7.74. The lowest BCUT2D eigenvalue weighted by atomic mass is 10.2. The molecule has 2 rings (SSSR count). The molecule has 7 heteroatoms. The van der Waals surface area contributed by atoms with Crippen LogP contribution in [-0.2, 0) is 4.74 Å². The fraction of sp³-hybridized carbons (Fsp3) is 0.667. The van der Waals surface area contributed by atoms with Crippen LogP contribution in [0.25, 0.3) is 0 Å². The molecule has 88 valence electrons. The predicted octanol–water partition coefficient (Wildman–Crippen LogP) is 0.926. The molecule has 2 heterocycles. The Balaban J connectivity index is 2.17. The molecule has 1 aliphatic heterocycles. The first kappa shape index (κ1) is 11.8. The minimum absolute atomic E-state index is 0.0403. The van der Waals surface area contributed by atoms with Gasteiger partial charge in [-0.15, -0.1) is 16.7 Å². The molecule has 0 bridgehead atoms. The second kappa shape index (κ2) is 5.07. The van der Waals surface area contributed by atoms with Crippen LogP contribution in [0, 0.1) is 6.92 Å². The fourth-order valence-electron chi connectivity index (χ4n) is 1.61. The SMILES string of the molecule is Cc1nnsc1C(=O)N1CCOCC1CCl. The maximum atomic E-state index is 12.2. The third-order valence-corrected chi connectivity index (χ3v) is 3.68. The summed E-state index contributed by atoms with van der Waals surface area (Å²) >= 11 is 6.95. The largest absolute Gasteiger partial charge is 0.377 e. The van der Waals surface area contributed by atoms with E-state index in [0.717, 1.165) is 11.5 Å². The number of ether oxygens (including phenoxy) is 1. The van der Waals surface area contributed by atoms with Crippen molar-refractivity contribution in [3.63, 3.8) is 0 Å². The van der Waals surface area contributed by atoms with Gasteiger partial charge in [0.1, 0.15) is 4.88 Å². The lowest BCUT2D eigenvalue weighted by Crippen LogP contribution is -2.49. The maximum Gasteiger partial charge on any atom is 0.267 e. The highest BCUT2D eigenvalue weighted by Crippen LogP contribution is 2.17. The van der Waals surface area contributed by atoms with E-state index >= 15 is 0 Å².